The number of carbonyl (C=O) groups excluding carboxylic acids is 1. The van der Waals surface area contributed by atoms with Crippen LogP contribution in [0, 0.1) is 17.2 Å². The lowest BCUT2D eigenvalue weighted by atomic mass is 9.87. The number of rotatable bonds is 5. The summed E-state index contributed by atoms with van der Waals surface area (Å²) in [6.07, 6.45) is 13.2. The van der Waals surface area contributed by atoms with Crippen molar-refractivity contribution in [3.05, 3.63) is 53.9 Å². The molecule has 1 aromatic carbocycles. The van der Waals surface area contributed by atoms with Crippen LogP contribution in [0.15, 0.2) is 48.3 Å². The number of aromatic nitrogens is 1. The minimum atomic E-state index is 0.276. The van der Waals surface area contributed by atoms with Gasteiger partial charge in [0.2, 0.25) is 5.91 Å². The number of allylic oxidation sites excluding steroid dienone is 4. The van der Waals surface area contributed by atoms with Crippen LogP contribution in [0.4, 0.5) is 5.69 Å². The van der Waals surface area contributed by atoms with Crippen LogP contribution >= 0.6 is 0 Å². The molecule has 1 unspecified atom stereocenters. The summed E-state index contributed by atoms with van der Waals surface area (Å²) in [7, 11) is 0. The van der Waals surface area contributed by atoms with Gasteiger partial charge >= 0.3 is 0 Å². The first-order valence-electron chi connectivity index (χ1n) is 12.6. The number of nitrogens with one attached hydrogen (secondary N) is 1. The molecule has 176 valence electrons. The molecular formula is C28H33N5O. The predicted octanol–water partition coefficient (Wildman–Crippen LogP) is 4.61. The summed E-state index contributed by atoms with van der Waals surface area (Å²) in [5.74, 6) is 0.562. The quantitative estimate of drug-likeness (QED) is 0.713. The Kier molecular flexibility index (Phi) is 6.64. The Hall–Kier alpha value is -3.17. The fraction of sp³-hybridized carbons (Fsp3) is 0.464. The van der Waals surface area contributed by atoms with E-state index in [-0.39, 0.29) is 11.8 Å². The van der Waals surface area contributed by atoms with Crippen molar-refractivity contribution in [1.29, 1.82) is 5.26 Å². The van der Waals surface area contributed by atoms with Crippen molar-refractivity contribution in [2.75, 3.05) is 38.0 Å². The number of fused-ring (bicyclic) bond motifs is 1. The number of anilines is 1. The monoisotopic (exact) mass is 455 g/mol. The summed E-state index contributed by atoms with van der Waals surface area (Å²) in [6, 6.07) is 9.19. The van der Waals surface area contributed by atoms with E-state index in [9.17, 15) is 10.1 Å². The first kappa shape index (κ1) is 22.6. The third kappa shape index (κ3) is 4.85. The first-order valence-corrected chi connectivity index (χ1v) is 12.6. The number of pyridine rings is 1. The molecule has 0 saturated carbocycles. The van der Waals surface area contributed by atoms with Crippen LogP contribution in [0.5, 0.6) is 0 Å². The van der Waals surface area contributed by atoms with Gasteiger partial charge < -0.3 is 10.2 Å². The third-order valence-electron chi connectivity index (χ3n) is 7.52. The number of likely N-dealkylation sites (tertiary alicyclic amines) is 2. The maximum atomic E-state index is 12.5. The van der Waals surface area contributed by atoms with Gasteiger partial charge in [-0.05, 0) is 78.8 Å². The zero-order valence-corrected chi connectivity index (χ0v) is 20.0. The second-order valence-electron chi connectivity index (χ2n) is 9.91. The maximum absolute atomic E-state index is 12.5. The van der Waals surface area contributed by atoms with Crippen molar-refractivity contribution in [1.82, 2.24) is 14.8 Å². The molecule has 0 spiro atoms. The Morgan fingerprint density at radius 1 is 1.21 bits per heavy atom. The fourth-order valence-electron chi connectivity index (χ4n) is 5.34. The Labute approximate surface area is 201 Å². The molecule has 2 saturated heterocycles. The molecular weight excluding hydrogens is 422 g/mol. The first-order chi connectivity index (χ1) is 16.6. The highest BCUT2D eigenvalue weighted by molar-refractivity contribution is 5.97. The van der Waals surface area contributed by atoms with E-state index in [0.717, 1.165) is 91.5 Å². The number of hydrogen-bond acceptors (Lipinski definition) is 5. The number of piperidine rings is 1. The van der Waals surface area contributed by atoms with Gasteiger partial charge in [0.05, 0.1) is 12.6 Å². The van der Waals surface area contributed by atoms with Gasteiger partial charge in [0.1, 0.15) is 0 Å². The largest absolute Gasteiger partial charge is 0.382 e. The van der Waals surface area contributed by atoms with Crippen LogP contribution in [-0.4, -0.2) is 59.5 Å². The highest BCUT2D eigenvalue weighted by Crippen LogP contribution is 2.34. The number of benzene rings is 1. The van der Waals surface area contributed by atoms with Gasteiger partial charge in [0.25, 0.3) is 0 Å². The summed E-state index contributed by atoms with van der Waals surface area (Å²) >= 11 is 0. The van der Waals surface area contributed by atoms with Crippen molar-refractivity contribution in [3.63, 3.8) is 0 Å². The highest BCUT2D eigenvalue weighted by Gasteiger charge is 2.25. The summed E-state index contributed by atoms with van der Waals surface area (Å²) in [5.41, 5.74) is 4.19. The van der Waals surface area contributed by atoms with Crippen molar-refractivity contribution in [3.8, 4) is 6.07 Å². The normalized spacial score (nSPS) is 21.8. The topological polar surface area (TPSA) is 72.3 Å². The summed E-state index contributed by atoms with van der Waals surface area (Å²) in [6.45, 7) is 6.37. The smallest absolute Gasteiger partial charge is 0.236 e. The lowest BCUT2D eigenvalue weighted by Crippen LogP contribution is -2.44. The van der Waals surface area contributed by atoms with E-state index in [1.165, 1.54) is 0 Å². The number of carbonyl (C=O) groups is 1. The van der Waals surface area contributed by atoms with Gasteiger partial charge in [-0.3, -0.25) is 14.7 Å². The molecule has 3 heterocycles. The lowest BCUT2D eigenvalue weighted by molar-refractivity contribution is -0.131. The molecule has 1 aliphatic carbocycles. The molecule has 2 aromatic rings. The van der Waals surface area contributed by atoms with Crippen LogP contribution in [0.1, 0.15) is 44.6 Å². The van der Waals surface area contributed by atoms with Gasteiger partial charge in [0, 0.05) is 61.3 Å². The van der Waals surface area contributed by atoms with Crippen molar-refractivity contribution in [2.24, 2.45) is 5.92 Å². The molecule has 2 aliphatic heterocycles. The number of amides is 1. The highest BCUT2D eigenvalue weighted by atomic mass is 16.2. The zero-order chi connectivity index (χ0) is 23.5. The maximum Gasteiger partial charge on any atom is 0.236 e. The lowest BCUT2D eigenvalue weighted by Gasteiger charge is -2.33. The van der Waals surface area contributed by atoms with Crippen LogP contribution in [0.25, 0.3) is 16.3 Å². The van der Waals surface area contributed by atoms with Crippen molar-refractivity contribution in [2.45, 2.75) is 45.1 Å². The summed E-state index contributed by atoms with van der Waals surface area (Å²) in [4.78, 5) is 21.2. The number of nitriles is 1. The van der Waals surface area contributed by atoms with E-state index < -0.39 is 0 Å². The standard InChI is InChI=1S/C28H33N5O/c1-20-4-5-21(14-24(20)17-29)23-15-22-6-9-30-18-26(22)27(16-23)31-25-7-12-32(13-8-25)19-28(34)33-10-2-3-11-33/h5-6,9,14-16,18,20,25,31H,2-4,7-8,10-13,19H2,1H3. The molecule has 1 N–H and O–H groups in total. The molecule has 1 amide bonds. The van der Waals surface area contributed by atoms with Gasteiger partial charge in [-0.15, -0.1) is 0 Å². The van der Waals surface area contributed by atoms with E-state index in [1.54, 1.807) is 0 Å². The number of hydrogen-bond donors (Lipinski definition) is 1. The van der Waals surface area contributed by atoms with Crippen LogP contribution in [-0.2, 0) is 4.79 Å². The van der Waals surface area contributed by atoms with Gasteiger partial charge in [-0.2, -0.15) is 5.26 Å². The molecule has 1 aromatic heterocycles. The minimum Gasteiger partial charge on any atom is -0.382 e. The minimum absolute atomic E-state index is 0.276. The average molecular weight is 456 g/mol. The Balaban J connectivity index is 1.30. The second-order valence-corrected chi connectivity index (χ2v) is 9.91. The fourth-order valence-corrected chi connectivity index (χ4v) is 5.34. The Bertz CT molecular complexity index is 1160. The molecule has 6 nitrogen and oxygen atoms in total. The van der Waals surface area contributed by atoms with Crippen LogP contribution < -0.4 is 5.32 Å². The molecule has 0 bridgehead atoms. The average Bonchev–Trinajstić information content (AvgIpc) is 3.41. The summed E-state index contributed by atoms with van der Waals surface area (Å²) < 4.78 is 0. The SMILES string of the molecule is CC1CC=C(c2cc(NC3CCN(CC(=O)N4CCCC4)CC3)c3cnccc3c2)C=C1C#N. The van der Waals surface area contributed by atoms with Crippen molar-refractivity contribution >= 4 is 27.9 Å². The molecule has 6 heteroatoms. The van der Waals surface area contributed by atoms with Gasteiger partial charge in [0.15, 0.2) is 0 Å². The molecule has 1 atom stereocenters. The van der Waals surface area contributed by atoms with E-state index in [4.69, 9.17) is 0 Å². The Morgan fingerprint density at radius 3 is 2.76 bits per heavy atom. The zero-order valence-electron chi connectivity index (χ0n) is 20.0. The van der Waals surface area contributed by atoms with E-state index >= 15 is 0 Å². The van der Waals surface area contributed by atoms with E-state index in [2.05, 4.69) is 52.5 Å². The third-order valence-corrected chi connectivity index (χ3v) is 7.52. The molecule has 34 heavy (non-hydrogen) atoms. The van der Waals surface area contributed by atoms with Gasteiger partial charge in [-0.1, -0.05) is 13.0 Å². The van der Waals surface area contributed by atoms with Crippen LogP contribution in [0.2, 0.25) is 0 Å². The van der Waals surface area contributed by atoms with E-state index in [1.807, 2.05) is 23.4 Å². The van der Waals surface area contributed by atoms with E-state index in [0.29, 0.717) is 12.6 Å². The van der Waals surface area contributed by atoms with Gasteiger partial charge in [-0.25, -0.2) is 0 Å². The molecule has 0 radical (unpaired) electrons. The molecule has 3 aliphatic rings. The number of nitrogens with zero attached hydrogens (tertiary/aromatic N) is 4. The van der Waals surface area contributed by atoms with Crippen LogP contribution in [0.3, 0.4) is 0 Å². The Morgan fingerprint density at radius 2 is 2.00 bits per heavy atom. The molecule has 5 rings (SSSR count). The predicted molar refractivity (Wildman–Crippen MR) is 136 cm³/mol. The second kappa shape index (κ2) is 9.99. The summed E-state index contributed by atoms with van der Waals surface area (Å²) in [5, 5.41) is 15.6. The van der Waals surface area contributed by atoms with Crippen molar-refractivity contribution < 1.29 is 4.79 Å². The molecule has 2 fully saturated rings.